The fraction of sp³-hybridized carbons (Fsp3) is 0.333. The third kappa shape index (κ3) is 2.22. The first kappa shape index (κ1) is 11.8. The Morgan fingerprint density at radius 1 is 1.36 bits per heavy atom. The molecule has 0 aromatic heterocycles. The summed E-state index contributed by atoms with van der Waals surface area (Å²) >= 11 is 16.2. The highest BCUT2D eigenvalue weighted by molar-refractivity contribution is 7.80. The van der Waals surface area contributed by atoms with E-state index in [0.717, 1.165) is 5.69 Å². The van der Waals surface area contributed by atoms with Gasteiger partial charge in [0.1, 0.15) is 10.8 Å². The highest BCUT2D eigenvalue weighted by atomic mass is 35.5. The molecule has 5 heteroatoms. The summed E-state index contributed by atoms with van der Waals surface area (Å²) in [6.07, 6.45) is 0. The van der Waals surface area contributed by atoms with Crippen LogP contribution in [0, 0.1) is 0 Å². The molecular weight excluding hydrogens is 241 g/mol. The highest BCUT2D eigenvalue weighted by Crippen LogP contribution is 2.38. The molecule has 14 heavy (non-hydrogen) atoms. The molecule has 78 valence electrons. The van der Waals surface area contributed by atoms with E-state index in [1.165, 1.54) is 0 Å². The molecule has 0 fully saturated rings. The van der Waals surface area contributed by atoms with Crippen molar-refractivity contribution >= 4 is 41.5 Å². The third-order valence-electron chi connectivity index (χ3n) is 1.87. The topological polar surface area (TPSA) is 12.5 Å². The number of ether oxygens (including phenoxy) is 1. The molecule has 0 unspecified atom stereocenters. The van der Waals surface area contributed by atoms with Gasteiger partial charge in [0.05, 0.1) is 23.7 Å². The molecule has 1 aromatic carbocycles. The van der Waals surface area contributed by atoms with Gasteiger partial charge in [-0.15, -0.1) is 0 Å². The molecule has 0 N–H and O–H groups in total. The van der Waals surface area contributed by atoms with Gasteiger partial charge in [0.2, 0.25) is 0 Å². The van der Waals surface area contributed by atoms with Gasteiger partial charge in [-0.2, -0.15) is 12.6 Å². The van der Waals surface area contributed by atoms with Crippen molar-refractivity contribution in [2.45, 2.75) is 0 Å². The molecule has 0 aliphatic rings. The number of halogens is 2. The average molecular weight is 252 g/mol. The second-order valence-corrected chi connectivity index (χ2v) is 3.79. The van der Waals surface area contributed by atoms with E-state index in [0.29, 0.717) is 21.7 Å². The Bertz CT molecular complexity index is 333. The maximum Gasteiger partial charge on any atom is 0.139 e. The van der Waals surface area contributed by atoms with Crippen LogP contribution in [-0.4, -0.2) is 20.0 Å². The van der Waals surface area contributed by atoms with Crippen molar-refractivity contribution in [1.82, 2.24) is 0 Å². The Hall–Kier alpha value is -0.250. The molecule has 1 aromatic rings. The average Bonchev–Trinajstić information content (AvgIpc) is 2.21. The zero-order chi connectivity index (χ0) is 10.7. The number of anilines is 1. The Morgan fingerprint density at radius 2 is 2.00 bits per heavy atom. The van der Waals surface area contributed by atoms with Crippen LogP contribution in [0.1, 0.15) is 0 Å². The first-order valence-electron chi connectivity index (χ1n) is 3.95. The summed E-state index contributed by atoms with van der Waals surface area (Å²) in [7, 11) is 3.44. The zero-order valence-corrected chi connectivity index (χ0v) is 10.3. The van der Waals surface area contributed by atoms with Crippen molar-refractivity contribution in [2.75, 3.05) is 24.9 Å². The van der Waals surface area contributed by atoms with Gasteiger partial charge in [-0.25, -0.2) is 0 Å². The van der Waals surface area contributed by atoms with Crippen LogP contribution in [0.4, 0.5) is 5.69 Å². The van der Waals surface area contributed by atoms with E-state index >= 15 is 0 Å². The van der Waals surface area contributed by atoms with E-state index in [-0.39, 0.29) is 0 Å². The molecule has 0 bridgehead atoms. The van der Waals surface area contributed by atoms with Crippen molar-refractivity contribution in [3.8, 4) is 5.75 Å². The van der Waals surface area contributed by atoms with E-state index in [1.807, 2.05) is 18.0 Å². The maximum atomic E-state index is 6.06. The number of hydrogen-bond donors (Lipinski definition) is 1. The summed E-state index contributed by atoms with van der Waals surface area (Å²) in [6.45, 7) is 0. The van der Waals surface area contributed by atoms with Crippen molar-refractivity contribution in [2.24, 2.45) is 0 Å². The van der Waals surface area contributed by atoms with Crippen LogP contribution in [-0.2, 0) is 0 Å². The quantitative estimate of drug-likeness (QED) is 0.654. The van der Waals surface area contributed by atoms with E-state index in [1.54, 1.807) is 13.2 Å². The minimum Gasteiger partial charge on any atom is -0.495 e. The van der Waals surface area contributed by atoms with Gasteiger partial charge in [0.15, 0.2) is 0 Å². The summed E-state index contributed by atoms with van der Waals surface area (Å²) in [6, 6.07) is 3.63. The highest BCUT2D eigenvalue weighted by Gasteiger charge is 2.12. The van der Waals surface area contributed by atoms with Crippen molar-refractivity contribution < 1.29 is 4.74 Å². The molecule has 0 aliphatic heterocycles. The van der Waals surface area contributed by atoms with Crippen LogP contribution in [0.5, 0.6) is 5.75 Å². The summed E-state index contributed by atoms with van der Waals surface area (Å²) < 4.78 is 5.04. The van der Waals surface area contributed by atoms with Crippen LogP contribution in [0.15, 0.2) is 12.1 Å². The number of thiol groups is 1. The molecule has 1 rings (SSSR count). The number of benzene rings is 1. The lowest BCUT2D eigenvalue weighted by molar-refractivity contribution is 0.415. The summed E-state index contributed by atoms with van der Waals surface area (Å²) in [5.41, 5.74) is 0.840. The molecule has 0 atom stereocenters. The van der Waals surface area contributed by atoms with E-state index in [9.17, 15) is 0 Å². The smallest absolute Gasteiger partial charge is 0.139 e. The molecule has 0 amide bonds. The number of nitrogens with zero attached hydrogens (tertiary/aromatic N) is 1. The van der Waals surface area contributed by atoms with Gasteiger partial charge < -0.3 is 9.64 Å². The second-order valence-electron chi connectivity index (χ2n) is 2.75. The summed E-state index contributed by atoms with van der Waals surface area (Å²) in [5, 5.41) is 0.919. The SMILES string of the molecule is COc1ccc(N(C)CS)c(Cl)c1Cl. The fourth-order valence-corrected chi connectivity index (χ4v) is 1.74. The molecule has 2 nitrogen and oxygen atoms in total. The predicted octanol–water partition coefficient (Wildman–Crippen LogP) is 3.33. The second kappa shape index (κ2) is 5.01. The fourth-order valence-electron chi connectivity index (χ4n) is 1.05. The lowest BCUT2D eigenvalue weighted by Crippen LogP contribution is -2.14. The van der Waals surface area contributed by atoms with E-state index < -0.39 is 0 Å². The number of methoxy groups -OCH3 is 1. The van der Waals surface area contributed by atoms with E-state index in [4.69, 9.17) is 27.9 Å². The first-order chi connectivity index (χ1) is 6.61. The Balaban J connectivity index is 3.17. The molecule has 0 saturated heterocycles. The van der Waals surface area contributed by atoms with Gasteiger partial charge in [0.25, 0.3) is 0 Å². The molecule has 0 saturated carbocycles. The molecule has 0 aliphatic carbocycles. The minimum atomic E-state index is 0.431. The lowest BCUT2D eigenvalue weighted by atomic mass is 10.3. The van der Waals surface area contributed by atoms with Crippen molar-refractivity contribution in [3.05, 3.63) is 22.2 Å². The predicted molar refractivity (Wildman–Crippen MR) is 65.3 cm³/mol. The minimum absolute atomic E-state index is 0.431. The van der Waals surface area contributed by atoms with Crippen LogP contribution in [0.2, 0.25) is 10.0 Å². The summed E-state index contributed by atoms with van der Waals surface area (Å²) in [5.74, 6) is 1.15. The first-order valence-corrected chi connectivity index (χ1v) is 5.34. The number of hydrogen-bond acceptors (Lipinski definition) is 3. The van der Waals surface area contributed by atoms with Crippen LogP contribution < -0.4 is 9.64 Å². The van der Waals surface area contributed by atoms with Crippen molar-refractivity contribution in [1.29, 1.82) is 0 Å². The van der Waals surface area contributed by atoms with E-state index in [2.05, 4.69) is 12.6 Å². The Morgan fingerprint density at radius 3 is 2.50 bits per heavy atom. The normalized spacial score (nSPS) is 10.1. The molecule has 0 heterocycles. The lowest BCUT2D eigenvalue weighted by Gasteiger charge is -2.19. The number of rotatable bonds is 3. The Labute approximate surface area is 99.2 Å². The molecule has 0 spiro atoms. The van der Waals surface area contributed by atoms with Crippen LogP contribution in [0.3, 0.4) is 0 Å². The zero-order valence-electron chi connectivity index (χ0n) is 7.92. The van der Waals surface area contributed by atoms with Gasteiger partial charge in [-0.1, -0.05) is 23.2 Å². The standard InChI is InChI=1S/C9H11Cl2NOS/c1-12(5-14)6-3-4-7(13-2)9(11)8(6)10/h3-4,14H,5H2,1-2H3. The largest absolute Gasteiger partial charge is 0.495 e. The summed E-state index contributed by atoms with van der Waals surface area (Å²) in [4.78, 5) is 1.89. The van der Waals surface area contributed by atoms with Crippen LogP contribution >= 0.6 is 35.8 Å². The Kier molecular flexibility index (Phi) is 4.23. The monoisotopic (exact) mass is 251 g/mol. The van der Waals surface area contributed by atoms with Gasteiger partial charge in [-0.05, 0) is 12.1 Å². The molecular formula is C9H11Cl2NOS. The van der Waals surface area contributed by atoms with Crippen LogP contribution in [0.25, 0.3) is 0 Å². The maximum absolute atomic E-state index is 6.06. The van der Waals surface area contributed by atoms with Crippen molar-refractivity contribution in [3.63, 3.8) is 0 Å². The molecule has 0 radical (unpaired) electrons. The van der Waals surface area contributed by atoms with Gasteiger partial charge >= 0.3 is 0 Å². The van der Waals surface area contributed by atoms with Gasteiger partial charge in [0, 0.05) is 7.05 Å². The van der Waals surface area contributed by atoms with Gasteiger partial charge in [-0.3, -0.25) is 0 Å². The third-order valence-corrected chi connectivity index (χ3v) is 3.15.